The first-order chi connectivity index (χ1) is 17.9. The lowest BCUT2D eigenvalue weighted by molar-refractivity contribution is -0.145. The smallest absolute Gasteiger partial charge is 0.408 e. The molecule has 0 heterocycles. The number of hydrogen-bond acceptors (Lipinski definition) is 8. The fourth-order valence-corrected chi connectivity index (χ4v) is 3.76. The molecule has 1 aromatic carbocycles. The van der Waals surface area contributed by atoms with Crippen LogP contribution in [-0.4, -0.2) is 77.4 Å². The third-order valence-corrected chi connectivity index (χ3v) is 5.63. The van der Waals surface area contributed by atoms with Crippen molar-refractivity contribution in [2.45, 2.75) is 83.9 Å². The average molecular weight is 538 g/mol. The molecule has 0 radical (unpaired) electrons. The molecule has 0 spiro atoms. The number of aliphatic hydroxyl groups is 1. The Morgan fingerprint density at radius 3 is 2.24 bits per heavy atom. The van der Waals surface area contributed by atoms with Crippen molar-refractivity contribution in [1.29, 1.82) is 0 Å². The molecule has 1 aromatic rings. The van der Waals surface area contributed by atoms with Crippen LogP contribution < -0.4 is 10.6 Å². The van der Waals surface area contributed by atoms with Crippen LogP contribution in [-0.2, 0) is 23.9 Å². The molecule has 0 aliphatic rings. The van der Waals surface area contributed by atoms with Gasteiger partial charge in [0.1, 0.15) is 30.0 Å². The van der Waals surface area contributed by atoms with Gasteiger partial charge in [-0.15, -0.1) is 0 Å². The van der Waals surface area contributed by atoms with Crippen molar-refractivity contribution in [2.24, 2.45) is 0 Å². The van der Waals surface area contributed by atoms with Crippen molar-refractivity contribution in [3.8, 4) is 5.75 Å². The van der Waals surface area contributed by atoms with E-state index in [4.69, 9.17) is 4.74 Å². The number of para-hydroxylation sites is 1. The van der Waals surface area contributed by atoms with Crippen LogP contribution in [0.2, 0.25) is 0 Å². The maximum Gasteiger partial charge on any atom is 0.408 e. The Labute approximate surface area is 224 Å². The number of carbonyl (C=O) groups excluding carboxylic acids is 4. The summed E-state index contributed by atoms with van der Waals surface area (Å²) in [4.78, 5) is 52.3. The lowest BCUT2D eigenvalue weighted by Crippen LogP contribution is -2.54. The minimum atomic E-state index is -1.41. The average Bonchev–Trinajstić information content (AvgIpc) is 2.86. The van der Waals surface area contributed by atoms with Crippen molar-refractivity contribution in [2.75, 3.05) is 26.8 Å². The van der Waals surface area contributed by atoms with E-state index < -0.39 is 54.7 Å². The van der Waals surface area contributed by atoms with Gasteiger partial charge >= 0.3 is 12.1 Å². The quantitative estimate of drug-likeness (QED) is 0.197. The predicted octanol–water partition coefficient (Wildman–Crippen LogP) is 2.80. The van der Waals surface area contributed by atoms with Crippen LogP contribution in [0.15, 0.2) is 24.3 Å². The van der Waals surface area contributed by atoms with E-state index in [9.17, 15) is 29.4 Å². The molecule has 0 saturated heterocycles. The van der Waals surface area contributed by atoms with Crippen molar-refractivity contribution in [3.05, 3.63) is 29.8 Å². The first-order valence-corrected chi connectivity index (χ1v) is 13.0. The number of benzene rings is 1. The fourth-order valence-electron chi connectivity index (χ4n) is 3.76. The molecule has 11 nitrogen and oxygen atoms in total. The molecule has 0 saturated carbocycles. The maximum absolute atomic E-state index is 13.7. The molecule has 4 N–H and O–H groups in total. The Morgan fingerprint density at radius 1 is 1.03 bits per heavy atom. The molecule has 0 bridgehead atoms. The van der Waals surface area contributed by atoms with E-state index in [1.807, 2.05) is 0 Å². The SMILES string of the molecule is CCCCCCCCN(C(=O)C(CO)NC(=O)OC(C)(C)C)C(C(=O)NCC(=O)OC)c1ccccc1O. The van der Waals surface area contributed by atoms with Gasteiger partial charge in [-0.1, -0.05) is 57.2 Å². The molecule has 1 rings (SSSR count). The van der Waals surface area contributed by atoms with E-state index in [0.29, 0.717) is 6.42 Å². The number of nitrogens with one attached hydrogen (secondary N) is 2. The van der Waals surface area contributed by atoms with E-state index in [1.165, 1.54) is 24.1 Å². The lowest BCUT2D eigenvalue weighted by Gasteiger charge is -2.34. The number of carbonyl (C=O) groups is 4. The monoisotopic (exact) mass is 537 g/mol. The second kappa shape index (κ2) is 16.5. The van der Waals surface area contributed by atoms with Gasteiger partial charge in [0, 0.05) is 12.1 Å². The molecule has 2 atom stereocenters. The molecule has 0 aliphatic heterocycles. The second-order valence-electron chi connectivity index (χ2n) is 9.94. The number of aliphatic hydroxyl groups excluding tert-OH is 1. The van der Waals surface area contributed by atoms with E-state index in [-0.39, 0.29) is 17.9 Å². The topological polar surface area (TPSA) is 154 Å². The van der Waals surface area contributed by atoms with Gasteiger partial charge in [0.25, 0.3) is 0 Å². The van der Waals surface area contributed by atoms with Crippen LogP contribution in [0.1, 0.15) is 77.8 Å². The van der Waals surface area contributed by atoms with Gasteiger partial charge in [-0.05, 0) is 33.3 Å². The Hall–Kier alpha value is -3.34. The van der Waals surface area contributed by atoms with Crippen molar-refractivity contribution in [3.63, 3.8) is 0 Å². The molecule has 11 heteroatoms. The summed E-state index contributed by atoms with van der Waals surface area (Å²) >= 11 is 0. The van der Waals surface area contributed by atoms with Gasteiger partial charge in [0.05, 0.1) is 13.7 Å². The second-order valence-corrected chi connectivity index (χ2v) is 9.94. The van der Waals surface area contributed by atoms with Crippen LogP contribution >= 0.6 is 0 Å². The number of amides is 3. The summed E-state index contributed by atoms with van der Waals surface area (Å²) in [7, 11) is 1.18. The number of methoxy groups -OCH3 is 1. The summed E-state index contributed by atoms with van der Waals surface area (Å²) < 4.78 is 9.81. The van der Waals surface area contributed by atoms with Crippen molar-refractivity contribution >= 4 is 23.9 Å². The summed E-state index contributed by atoms with van der Waals surface area (Å²) in [5.74, 6) is -2.39. The summed E-state index contributed by atoms with van der Waals surface area (Å²) in [5.41, 5.74) is -0.708. The van der Waals surface area contributed by atoms with E-state index in [1.54, 1.807) is 32.9 Å². The molecule has 3 amide bonds. The summed E-state index contributed by atoms with van der Waals surface area (Å²) in [6, 6.07) is 3.29. The highest BCUT2D eigenvalue weighted by Crippen LogP contribution is 2.30. The normalized spacial score (nSPS) is 12.7. The van der Waals surface area contributed by atoms with Crippen LogP contribution in [0.3, 0.4) is 0 Å². The standard InChI is InChI=1S/C27H43N3O8/c1-6-7-8-9-10-13-16-30(25(35)20(18-31)29-26(36)38-27(2,3)4)23(19-14-11-12-15-21(19)32)24(34)28-17-22(33)37-5/h11-12,14-15,20,23,31-32H,6-10,13,16-18H2,1-5H3,(H,28,34)(H,29,36). The number of aromatic hydroxyl groups is 1. The zero-order valence-corrected chi connectivity index (χ0v) is 23.1. The zero-order valence-electron chi connectivity index (χ0n) is 23.1. The van der Waals surface area contributed by atoms with Crippen LogP contribution in [0, 0.1) is 0 Å². The third kappa shape index (κ3) is 11.4. The third-order valence-electron chi connectivity index (χ3n) is 5.63. The van der Waals surface area contributed by atoms with Crippen LogP contribution in [0.25, 0.3) is 0 Å². The minimum Gasteiger partial charge on any atom is -0.508 e. The predicted molar refractivity (Wildman–Crippen MR) is 141 cm³/mol. The van der Waals surface area contributed by atoms with Gasteiger partial charge in [0.2, 0.25) is 11.8 Å². The summed E-state index contributed by atoms with van der Waals surface area (Å²) in [6.45, 7) is 5.99. The number of phenolic OH excluding ortho intramolecular Hbond substituents is 1. The lowest BCUT2D eigenvalue weighted by atomic mass is 10.0. The number of esters is 1. The molecule has 38 heavy (non-hydrogen) atoms. The highest BCUT2D eigenvalue weighted by Gasteiger charge is 2.37. The van der Waals surface area contributed by atoms with Crippen molar-refractivity contribution in [1.82, 2.24) is 15.5 Å². The number of nitrogens with zero attached hydrogens (tertiary/aromatic N) is 1. The Balaban J connectivity index is 3.35. The van der Waals surface area contributed by atoms with Crippen molar-refractivity contribution < 1.29 is 38.9 Å². The maximum atomic E-state index is 13.7. The minimum absolute atomic E-state index is 0.0993. The van der Waals surface area contributed by atoms with Gasteiger partial charge in [0.15, 0.2) is 0 Å². The number of rotatable bonds is 15. The molecule has 0 fully saturated rings. The molecule has 214 valence electrons. The number of hydrogen-bond donors (Lipinski definition) is 4. The zero-order chi connectivity index (χ0) is 28.7. The first-order valence-electron chi connectivity index (χ1n) is 13.0. The van der Waals surface area contributed by atoms with Gasteiger partial charge in [-0.2, -0.15) is 0 Å². The van der Waals surface area contributed by atoms with E-state index in [0.717, 1.165) is 32.1 Å². The Morgan fingerprint density at radius 2 is 1.66 bits per heavy atom. The molecule has 2 unspecified atom stereocenters. The Kier molecular flexibility index (Phi) is 14.2. The van der Waals surface area contributed by atoms with E-state index in [2.05, 4.69) is 22.3 Å². The highest BCUT2D eigenvalue weighted by molar-refractivity contribution is 5.93. The van der Waals surface area contributed by atoms with Gasteiger partial charge in [-0.3, -0.25) is 14.4 Å². The van der Waals surface area contributed by atoms with Gasteiger partial charge in [-0.25, -0.2) is 4.79 Å². The largest absolute Gasteiger partial charge is 0.508 e. The summed E-state index contributed by atoms with van der Waals surface area (Å²) in [5, 5.41) is 25.4. The number of phenols is 1. The first kappa shape index (κ1) is 32.7. The van der Waals surface area contributed by atoms with Crippen LogP contribution in [0.5, 0.6) is 5.75 Å². The number of unbranched alkanes of at least 4 members (excludes halogenated alkanes) is 5. The molecule has 0 aliphatic carbocycles. The highest BCUT2D eigenvalue weighted by atomic mass is 16.6. The van der Waals surface area contributed by atoms with E-state index >= 15 is 0 Å². The number of alkyl carbamates (subject to hydrolysis) is 1. The summed E-state index contributed by atoms with van der Waals surface area (Å²) in [6.07, 6.45) is 4.55. The number of ether oxygens (including phenoxy) is 2. The van der Waals surface area contributed by atoms with Crippen LogP contribution in [0.4, 0.5) is 4.79 Å². The molecular weight excluding hydrogens is 494 g/mol. The fraction of sp³-hybridized carbons (Fsp3) is 0.630. The molecular formula is C27H43N3O8. The molecule has 0 aromatic heterocycles. The Bertz CT molecular complexity index is 916. The van der Waals surface area contributed by atoms with Gasteiger partial charge < -0.3 is 35.2 Å².